The fourth-order valence-electron chi connectivity index (χ4n) is 2.42. The number of fused-ring (bicyclic) bond motifs is 1. The molecule has 1 aromatic rings. The molecule has 0 saturated carbocycles. The van der Waals surface area contributed by atoms with Gasteiger partial charge in [0.05, 0.1) is 0 Å². The Kier molecular flexibility index (Phi) is 2.96. The van der Waals surface area contributed by atoms with Crippen molar-refractivity contribution < 1.29 is 15.0 Å². The van der Waals surface area contributed by atoms with Crippen LogP contribution >= 0.6 is 0 Å². The maximum atomic E-state index is 11.0. The first-order valence-electron chi connectivity index (χ1n) is 6.03. The summed E-state index contributed by atoms with van der Waals surface area (Å²) in [6.45, 7) is 3.49. The number of carboxylic acids is 1. The first-order valence-corrected chi connectivity index (χ1v) is 6.03. The van der Waals surface area contributed by atoms with Crippen LogP contribution in [0.2, 0.25) is 0 Å². The molecule has 0 heterocycles. The van der Waals surface area contributed by atoms with E-state index in [-0.39, 0.29) is 0 Å². The molecule has 2 rings (SSSR count). The minimum Gasteiger partial charge on any atom is -0.479 e. The molecule has 1 aliphatic rings. The highest BCUT2D eigenvalue weighted by Gasteiger charge is 2.33. The van der Waals surface area contributed by atoms with E-state index < -0.39 is 11.6 Å². The monoisotopic (exact) mass is 234 g/mol. The van der Waals surface area contributed by atoms with Crippen LogP contribution in [0.25, 0.3) is 0 Å². The standard InChI is InChI=1S/C14H18O3/c1-3-9-6-10-4-5-12(8-11(10)7-9)14(2,17)13(15)16/h4-5,8-9,17H,3,6-7H2,1-2H3,(H,15,16)/t9-,14+/m0/s1. The predicted octanol–water partition coefficient (Wildman–Crippen LogP) is 2.10. The second-order valence-corrected chi connectivity index (χ2v) is 5.04. The van der Waals surface area contributed by atoms with Gasteiger partial charge in [0.1, 0.15) is 0 Å². The van der Waals surface area contributed by atoms with Gasteiger partial charge >= 0.3 is 5.97 Å². The maximum absolute atomic E-state index is 11.0. The Morgan fingerprint density at radius 1 is 1.41 bits per heavy atom. The summed E-state index contributed by atoms with van der Waals surface area (Å²) < 4.78 is 0. The fourth-order valence-corrected chi connectivity index (χ4v) is 2.42. The van der Waals surface area contributed by atoms with Crippen molar-refractivity contribution in [1.29, 1.82) is 0 Å². The number of carbonyl (C=O) groups is 1. The third-order valence-corrected chi connectivity index (χ3v) is 3.78. The fraction of sp³-hybridized carbons (Fsp3) is 0.500. The predicted molar refractivity (Wildman–Crippen MR) is 64.8 cm³/mol. The van der Waals surface area contributed by atoms with E-state index in [1.165, 1.54) is 18.1 Å². The largest absolute Gasteiger partial charge is 0.479 e. The van der Waals surface area contributed by atoms with Gasteiger partial charge in [0.25, 0.3) is 0 Å². The van der Waals surface area contributed by atoms with Gasteiger partial charge in [-0.05, 0) is 42.4 Å². The number of benzene rings is 1. The summed E-state index contributed by atoms with van der Waals surface area (Å²) in [5, 5.41) is 18.9. The lowest BCUT2D eigenvalue weighted by Gasteiger charge is -2.19. The van der Waals surface area contributed by atoms with Gasteiger partial charge in [-0.2, -0.15) is 0 Å². The zero-order valence-corrected chi connectivity index (χ0v) is 10.2. The smallest absolute Gasteiger partial charge is 0.340 e. The molecule has 0 aromatic heterocycles. The molecule has 2 N–H and O–H groups in total. The van der Waals surface area contributed by atoms with E-state index in [1.54, 1.807) is 6.07 Å². The molecule has 0 bridgehead atoms. The van der Waals surface area contributed by atoms with Gasteiger partial charge in [-0.3, -0.25) is 0 Å². The molecule has 0 saturated heterocycles. The van der Waals surface area contributed by atoms with E-state index in [2.05, 4.69) is 6.92 Å². The van der Waals surface area contributed by atoms with Crippen LogP contribution in [0.5, 0.6) is 0 Å². The van der Waals surface area contributed by atoms with Crippen molar-refractivity contribution in [3.8, 4) is 0 Å². The average Bonchev–Trinajstić information content (AvgIpc) is 2.70. The molecule has 1 aromatic carbocycles. The van der Waals surface area contributed by atoms with Gasteiger partial charge in [-0.25, -0.2) is 4.79 Å². The van der Waals surface area contributed by atoms with Crippen LogP contribution in [0.1, 0.15) is 37.0 Å². The Morgan fingerprint density at radius 3 is 2.65 bits per heavy atom. The molecule has 0 aliphatic heterocycles. The van der Waals surface area contributed by atoms with Gasteiger partial charge in [0, 0.05) is 0 Å². The SMILES string of the molecule is CC[C@H]1Cc2ccc([C@@](C)(O)C(=O)O)cc2C1. The molecular formula is C14H18O3. The highest BCUT2D eigenvalue weighted by atomic mass is 16.4. The van der Waals surface area contributed by atoms with Crippen molar-refractivity contribution in [3.63, 3.8) is 0 Å². The number of carboxylic acid groups (broad SMARTS) is 1. The Morgan fingerprint density at radius 2 is 2.06 bits per heavy atom. The van der Waals surface area contributed by atoms with Crippen molar-refractivity contribution in [1.82, 2.24) is 0 Å². The van der Waals surface area contributed by atoms with Crippen LogP contribution in [0.4, 0.5) is 0 Å². The first kappa shape index (κ1) is 12.1. The zero-order valence-electron chi connectivity index (χ0n) is 10.2. The zero-order chi connectivity index (χ0) is 12.6. The molecule has 92 valence electrons. The van der Waals surface area contributed by atoms with Crippen LogP contribution in [-0.2, 0) is 23.2 Å². The molecule has 3 nitrogen and oxygen atoms in total. The minimum atomic E-state index is -1.79. The molecule has 3 heteroatoms. The lowest BCUT2D eigenvalue weighted by molar-refractivity contribution is -0.157. The number of hydrogen-bond donors (Lipinski definition) is 2. The van der Waals surface area contributed by atoms with Crippen molar-refractivity contribution in [2.45, 2.75) is 38.7 Å². The second kappa shape index (κ2) is 4.15. The summed E-state index contributed by atoms with van der Waals surface area (Å²) >= 11 is 0. The Bertz CT molecular complexity index is 449. The van der Waals surface area contributed by atoms with Crippen LogP contribution in [0, 0.1) is 5.92 Å². The number of aliphatic carboxylic acids is 1. The summed E-state index contributed by atoms with van der Waals surface area (Å²) in [5.41, 5.74) is 1.16. The summed E-state index contributed by atoms with van der Waals surface area (Å²) in [6, 6.07) is 5.53. The highest BCUT2D eigenvalue weighted by molar-refractivity contribution is 5.78. The molecule has 17 heavy (non-hydrogen) atoms. The van der Waals surface area contributed by atoms with E-state index >= 15 is 0 Å². The number of aliphatic hydroxyl groups is 1. The van der Waals surface area contributed by atoms with Crippen molar-refractivity contribution in [3.05, 3.63) is 34.9 Å². The molecule has 0 spiro atoms. The second-order valence-electron chi connectivity index (χ2n) is 5.04. The molecule has 0 unspecified atom stereocenters. The molecule has 1 aliphatic carbocycles. The minimum absolute atomic E-state index is 0.473. The maximum Gasteiger partial charge on any atom is 0.340 e. The molecule has 0 amide bonds. The van der Waals surface area contributed by atoms with Gasteiger partial charge in [0.2, 0.25) is 0 Å². The van der Waals surface area contributed by atoms with Crippen molar-refractivity contribution in [2.75, 3.05) is 0 Å². The molecule has 2 atom stereocenters. The topological polar surface area (TPSA) is 57.5 Å². The third-order valence-electron chi connectivity index (χ3n) is 3.78. The average molecular weight is 234 g/mol. The number of hydrogen-bond acceptors (Lipinski definition) is 2. The van der Waals surface area contributed by atoms with Gasteiger partial charge in [-0.15, -0.1) is 0 Å². The van der Waals surface area contributed by atoms with Crippen LogP contribution in [0.15, 0.2) is 18.2 Å². The quantitative estimate of drug-likeness (QED) is 0.842. The summed E-state index contributed by atoms with van der Waals surface area (Å²) in [7, 11) is 0. The van der Waals surface area contributed by atoms with Crippen molar-refractivity contribution >= 4 is 5.97 Å². The van der Waals surface area contributed by atoms with Crippen LogP contribution < -0.4 is 0 Å². The molecule has 0 fully saturated rings. The van der Waals surface area contributed by atoms with Gasteiger partial charge < -0.3 is 10.2 Å². The molecule has 0 radical (unpaired) electrons. The van der Waals surface area contributed by atoms with E-state index in [0.717, 1.165) is 19.3 Å². The van der Waals surface area contributed by atoms with E-state index in [9.17, 15) is 9.90 Å². The van der Waals surface area contributed by atoms with Gasteiger partial charge in [-0.1, -0.05) is 31.5 Å². The number of rotatable bonds is 3. The summed E-state index contributed by atoms with van der Waals surface area (Å²) in [4.78, 5) is 11.0. The van der Waals surface area contributed by atoms with E-state index in [4.69, 9.17) is 5.11 Å². The summed E-state index contributed by atoms with van der Waals surface area (Å²) in [5.74, 6) is -0.544. The lowest BCUT2D eigenvalue weighted by Crippen LogP contribution is -2.31. The highest BCUT2D eigenvalue weighted by Crippen LogP contribution is 2.32. The molecular weight excluding hydrogens is 216 g/mol. The Labute approximate surface area is 101 Å². The first-order chi connectivity index (χ1) is 7.95. The van der Waals surface area contributed by atoms with Crippen LogP contribution in [0.3, 0.4) is 0 Å². The lowest BCUT2D eigenvalue weighted by atomic mass is 9.93. The Balaban J connectivity index is 2.34. The Hall–Kier alpha value is -1.35. The third kappa shape index (κ3) is 2.07. The van der Waals surface area contributed by atoms with Crippen LogP contribution in [-0.4, -0.2) is 16.2 Å². The summed E-state index contributed by atoms with van der Waals surface area (Å²) in [6.07, 6.45) is 3.20. The van der Waals surface area contributed by atoms with Crippen molar-refractivity contribution in [2.24, 2.45) is 5.92 Å². The normalized spacial score (nSPS) is 21.9. The van der Waals surface area contributed by atoms with E-state index in [1.807, 2.05) is 12.1 Å². The van der Waals surface area contributed by atoms with E-state index in [0.29, 0.717) is 11.5 Å². The van der Waals surface area contributed by atoms with Gasteiger partial charge in [0.15, 0.2) is 5.60 Å².